The van der Waals surface area contributed by atoms with Crippen LogP contribution in [0.4, 0.5) is 0 Å². The Kier molecular flexibility index (Phi) is 6.66. The van der Waals surface area contributed by atoms with Crippen molar-refractivity contribution in [1.29, 1.82) is 0 Å². The molecule has 3 nitrogen and oxygen atoms in total. The van der Waals surface area contributed by atoms with Crippen molar-refractivity contribution in [2.75, 3.05) is 12.0 Å². The van der Waals surface area contributed by atoms with E-state index in [0.29, 0.717) is 6.04 Å². The normalized spacial score (nSPS) is 13.2. The first kappa shape index (κ1) is 14.6. The average molecular weight is 255 g/mol. The molecule has 0 aliphatic rings. The van der Waals surface area contributed by atoms with E-state index >= 15 is 0 Å². The molecule has 98 valence electrons. The van der Waals surface area contributed by atoms with Gasteiger partial charge in [-0.15, -0.1) is 0 Å². The molecule has 0 saturated carbocycles. The van der Waals surface area contributed by atoms with Crippen LogP contribution in [0.2, 0.25) is 0 Å². The van der Waals surface area contributed by atoms with Gasteiger partial charge >= 0.3 is 0 Å². The quantitative estimate of drug-likeness (QED) is 0.777. The lowest BCUT2D eigenvalue weighted by Crippen LogP contribution is -2.24. The highest BCUT2D eigenvalue weighted by Crippen LogP contribution is 2.15. The number of hydrogen-bond donors (Lipinski definition) is 1. The fraction of sp³-hybridized carbons (Fsp3) is 0.769. The largest absolute Gasteiger partial charge is 0.327 e. The van der Waals surface area contributed by atoms with Crippen molar-refractivity contribution in [2.24, 2.45) is 5.73 Å². The average Bonchev–Trinajstić information content (AvgIpc) is 2.76. The molecule has 1 unspecified atom stereocenters. The van der Waals surface area contributed by atoms with Gasteiger partial charge in [-0.1, -0.05) is 13.8 Å². The van der Waals surface area contributed by atoms with Gasteiger partial charge in [0, 0.05) is 18.7 Å². The number of nitrogens with zero attached hydrogens (tertiary/aromatic N) is 2. The van der Waals surface area contributed by atoms with E-state index in [0.717, 1.165) is 37.1 Å². The molecule has 1 rings (SSSR count). The minimum atomic E-state index is 0.243. The van der Waals surface area contributed by atoms with Crippen LogP contribution >= 0.6 is 11.8 Å². The van der Waals surface area contributed by atoms with Gasteiger partial charge in [0.05, 0.1) is 11.7 Å². The Morgan fingerprint density at radius 1 is 1.41 bits per heavy atom. The van der Waals surface area contributed by atoms with Crippen molar-refractivity contribution in [3.63, 3.8) is 0 Å². The summed E-state index contributed by atoms with van der Waals surface area (Å²) >= 11 is 1.85. The first-order valence-electron chi connectivity index (χ1n) is 6.49. The van der Waals surface area contributed by atoms with Crippen molar-refractivity contribution in [2.45, 2.75) is 51.6 Å². The fourth-order valence-electron chi connectivity index (χ4n) is 1.99. The van der Waals surface area contributed by atoms with E-state index in [2.05, 4.69) is 42.1 Å². The molecule has 0 saturated heterocycles. The van der Waals surface area contributed by atoms with Gasteiger partial charge in [-0.2, -0.15) is 16.9 Å². The highest BCUT2D eigenvalue weighted by atomic mass is 32.2. The minimum absolute atomic E-state index is 0.243. The summed E-state index contributed by atoms with van der Waals surface area (Å²) in [5.74, 6) is 1.13. The van der Waals surface area contributed by atoms with Gasteiger partial charge in [0.15, 0.2) is 0 Å². The maximum atomic E-state index is 6.08. The van der Waals surface area contributed by atoms with Gasteiger partial charge in [0.25, 0.3) is 0 Å². The molecule has 4 heteroatoms. The Balaban J connectivity index is 2.50. The van der Waals surface area contributed by atoms with Crippen LogP contribution in [-0.2, 0) is 6.42 Å². The summed E-state index contributed by atoms with van der Waals surface area (Å²) in [7, 11) is 0. The number of hydrogen-bond acceptors (Lipinski definition) is 3. The molecule has 0 bridgehead atoms. The molecule has 2 N–H and O–H groups in total. The highest BCUT2D eigenvalue weighted by Gasteiger charge is 2.10. The molecule has 1 aromatic heterocycles. The predicted octanol–water partition coefficient (Wildman–Crippen LogP) is 2.87. The molecule has 0 radical (unpaired) electrons. The molecule has 1 aromatic rings. The highest BCUT2D eigenvalue weighted by molar-refractivity contribution is 7.98. The SMILES string of the molecule is CCC(CC)n1ccc(CC(N)CCSC)n1. The maximum Gasteiger partial charge on any atom is 0.0640 e. The number of rotatable bonds is 8. The van der Waals surface area contributed by atoms with Crippen molar-refractivity contribution in [1.82, 2.24) is 9.78 Å². The summed E-state index contributed by atoms with van der Waals surface area (Å²) in [4.78, 5) is 0. The Bertz CT molecular complexity index is 307. The molecule has 0 spiro atoms. The lowest BCUT2D eigenvalue weighted by Gasteiger charge is -2.13. The molecule has 1 atom stereocenters. The third-order valence-electron chi connectivity index (χ3n) is 3.14. The third kappa shape index (κ3) is 4.72. The third-order valence-corrected chi connectivity index (χ3v) is 3.79. The lowest BCUT2D eigenvalue weighted by molar-refractivity contribution is 0.424. The minimum Gasteiger partial charge on any atom is -0.327 e. The molecule has 0 fully saturated rings. The molecule has 1 heterocycles. The van der Waals surface area contributed by atoms with Gasteiger partial charge in [0.1, 0.15) is 0 Å². The van der Waals surface area contributed by atoms with Crippen molar-refractivity contribution >= 4 is 11.8 Å². The zero-order valence-electron chi connectivity index (χ0n) is 11.2. The standard InChI is InChI=1S/C13H25N3S/c1-4-13(5-2)16-8-6-12(15-16)10-11(14)7-9-17-3/h6,8,11,13H,4-5,7,9-10,14H2,1-3H3. The zero-order valence-corrected chi connectivity index (χ0v) is 12.0. The van der Waals surface area contributed by atoms with Crippen LogP contribution in [0.3, 0.4) is 0 Å². The Morgan fingerprint density at radius 2 is 2.12 bits per heavy atom. The van der Waals surface area contributed by atoms with E-state index in [1.807, 2.05) is 11.8 Å². The van der Waals surface area contributed by atoms with Crippen LogP contribution in [0.15, 0.2) is 12.3 Å². The van der Waals surface area contributed by atoms with Crippen LogP contribution < -0.4 is 5.73 Å². The number of thioether (sulfide) groups is 1. The van der Waals surface area contributed by atoms with E-state index in [9.17, 15) is 0 Å². The number of aromatic nitrogens is 2. The summed E-state index contributed by atoms with van der Waals surface area (Å²) in [6.07, 6.45) is 8.45. The summed E-state index contributed by atoms with van der Waals surface area (Å²) in [5.41, 5.74) is 7.21. The Hall–Kier alpha value is -0.480. The first-order chi connectivity index (χ1) is 8.21. The van der Waals surface area contributed by atoms with Crippen molar-refractivity contribution in [3.05, 3.63) is 18.0 Å². The summed E-state index contributed by atoms with van der Waals surface area (Å²) in [5, 5.41) is 4.63. The van der Waals surface area contributed by atoms with Gasteiger partial charge < -0.3 is 5.73 Å². The monoisotopic (exact) mass is 255 g/mol. The van der Waals surface area contributed by atoms with Crippen LogP contribution in [-0.4, -0.2) is 27.8 Å². The second-order valence-electron chi connectivity index (χ2n) is 4.50. The molecule has 0 amide bonds. The van der Waals surface area contributed by atoms with E-state index in [1.165, 1.54) is 0 Å². The van der Waals surface area contributed by atoms with Crippen LogP contribution in [0.5, 0.6) is 0 Å². The maximum absolute atomic E-state index is 6.08. The van der Waals surface area contributed by atoms with Crippen molar-refractivity contribution in [3.8, 4) is 0 Å². The van der Waals surface area contributed by atoms with Crippen LogP contribution in [0.25, 0.3) is 0 Å². The van der Waals surface area contributed by atoms with Crippen molar-refractivity contribution < 1.29 is 0 Å². The summed E-state index contributed by atoms with van der Waals surface area (Å²) in [6.45, 7) is 4.42. The van der Waals surface area contributed by atoms with E-state index in [4.69, 9.17) is 5.73 Å². The van der Waals surface area contributed by atoms with Crippen LogP contribution in [0.1, 0.15) is 44.8 Å². The van der Waals surface area contributed by atoms with Gasteiger partial charge in [-0.3, -0.25) is 4.68 Å². The fourth-order valence-corrected chi connectivity index (χ4v) is 2.53. The first-order valence-corrected chi connectivity index (χ1v) is 7.89. The van der Waals surface area contributed by atoms with Gasteiger partial charge in [-0.25, -0.2) is 0 Å². The molecule has 17 heavy (non-hydrogen) atoms. The van der Waals surface area contributed by atoms with Crippen LogP contribution in [0, 0.1) is 0 Å². The molecular weight excluding hydrogens is 230 g/mol. The van der Waals surface area contributed by atoms with Gasteiger partial charge in [-0.05, 0) is 37.3 Å². The zero-order chi connectivity index (χ0) is 12.7. The van der Waals surface area contributed by atoms with E-state index in [1.54, 1.807) is 0 Å². The summed E-state index contributed by atoms with van der Waals surface area (Å²) < 4.78 is 2.09. The predicted molar refractivity (Wildman–Crippen MR) is 76.5 cm³/mol. The summed E-state index contributed by atoms with van der Waals surface area (Å²) in [6, 6.07) is 2.88. The van der Waals surface area contributed by atoms with E-state index in [-0.39, 0.29) is 6.04 Å². The Labute approximate surface area is 109 Å². The lowest BCUT2D eigenvalue weighted by atomic mass is 10.1. The second-order valence-corrected chi connectivity index (χ2v) is 5.49. The topological polar surface area (TPSA) is 43.8 Å². The van der Waals surface area contributed by atoms with E-state index < -0.39 is 0 Å². The molecule has 0 aromatic carbocycles. The number of nitrogens with two attached hydrogens (primary N) is 1. The second kappa shape index (κ2) is 7.77. The molecule has 0 aliphatic heterocycles. The smallest absolute Gasteiger partial charge is 0.0640 e. The molecule has 0 aliphatic carbocycles. The Morgan fingerprint density at radius 3 is 2.71 bits per heavy atom. The molecular formula is C13H25N3S. The van der Waals surface area contributed by atoms with Gasteiger partial charge in [0.2, 0.25) is 0 Å².